The van der Waals surface area contributed by atoms with Crippen LogP contribution in [-0.4, -0.2) is 15.6 Å². The number of hydrogen-bond donors (Lipinski definition) is 0. The van der Waals surface area contributed by atoms with Crippen molar-refractivity contribution in [1.29, 1.82) is 0 Å². The van der Waals surface area contributed by atoms with Gasteiger partial charge in [0.25, 0.3) is 6.43 Å². The third-order valence-corrected chi connectivity index (χ3v) is 3.21. The van der Waals surface area contributed by atoms with Gasteiger partial charge in [-0.1, -0.05) is 11.6 Å². The summed E-state index contributed by atoms with van der Waals surface area (Å²) in [5.74, 6) is -0.612. The van der Waals surface area contributed by atoms with Gasteiger partial charge in [0.15, 0.2) is 5.76 Å². The number of rotatable bonds is 2. The summed E-state index contributed by atoms with van der Waals surface area (Å²) in [6, 6.07) is 3.99. The van der Waals surface area contributed by atoms with Gasteiger partial charge in [0.05, 0.1) is 17.5 Å². The molecule has 0 radical (unpaired) electrons. The van der Waals surface area contributed by atoms with Crippen LogP contribution in [0.4, 0.5) is 13.6 Å². The predicted octanol–water partition coefficient (Wildman–Crippen LogP) is 3.08. The molecular weight excluding hydrogens is 306 g/mol. The van der Waals surface area contributed by atoms with Crippen LogP contribution in [0.5, 0.6) is 0 Å². The van der Waals surface area contributed by atoms with Gasteiger partial charge in [0.2, 0.25) is 0 Å². The molecule has 21 heavy (non-hydrogen) atoms. The molecule has 8 heteroatoms. The molecule has 0 aliphatic carbocycles. The first-order chi connectivity index (χ1) is 9.99. The van der Waals surface area contributed by atoms with Crippen LogP contribution in [-0.2, 0) is 0 Å². The Morgan fingerprint density at radius 3 is 2.86 bits per heavy atom. The van der Waals surface area contributed by atoms with Crippen molar-refractivity contribution >= 4 is 28.6 Å². The quantitative estimate of drug-likeness (QED) is 0.682. The summed E-state index contributed by atoms with van der Waals surface area (Å²) in [4.78, 5) is 15.2. The average molecular weight is 312 g/mol. The molecule has 0 aromatic carbocycles. The molecule has 3 rings (SSSR count). The maximum Gasteiger partial charge on any atom is 0.296 e. The van der Waals surface area contributed by atoms with E-state index in [9.17, 15) is 18.7 Å². The Labute approximate surface area is 121 Å². The lowest BCUT2D eigenvalue weighted by Gasteiger charge is -2.11. The van der Waals surface area contributed by atoms with E-state index in [1.807, 2.05) is 0 Å². The zero-order valence-corrected chi connectivity index (χ0v) is 11.0. The lowest BCUT2D eigenvalue weighted by atomic mass is 10.2. The number of fused-ring (bicyclic) bond motifs is 1. The summed E-state index contributed by atoms with van der Waals surface area (Å²) in [6.07, 6.45) is -2.02. The first-order valence-corrected chi connectivity index (χ1v) is 6.11. The van der Waals surface area contributed by atoms with Crippen LogP contribution in [0.25, 0.3) is 22.2 Å². The largest absolute Gasteiger partial charge is 0.529 e. The maximum atomic E-state index is 12.9. The summed E-state index contributed by atoms with van der Waals surface area (Å²) < 4.78 is 31.3. The van der Waals surface area contributed by atoms with E-state index < -0.39 is 18.3 Å². The summed E-state index contributed by atoms with van der Waals surface area (Å²) in [7, 11) is 0. The monoisotopic (exact) mass is 311 g/mol. The molecule has 0 atom stereocenters. The van der Waals surface area contributed by atoms with Crippen LogP contribution in [0.15, 0.2) is 35.1 Å². The second-order valence-corrected chi connectivity index (χ2v) is 4.58. The molecule has 5 nitrogen and oxygen atoms in total. The molecule has 3 heterocycles. The minimum Gasteiger partial charge on any atom is -0.529 e. The summed E-state index contributed by atoms with van der Waals surface area (Å²) in [6.45, 7) is 0. The Balaban J connectivity index is 2.34. The van der Waals surface area contributed by atoms with E-state index in [0.717, 1.165) is 10.8 Å². The van der Waals surface area contributed by atoms with Crippen LogP contribution in [0.3, 0.4) is 0 Å². The number of aromatic nitrogens is 2. The van der Waals surface area contributed by atoms with E-state index in [0.29, 0.717) is 5.39 Å². The standard InChI is InChI=1S/C13H7ClF2N2O3/c14-10-4-8-6(5-17-10)3-9(18(8)13(19)20)7-1-2-21-11(7)12(15)16/h1-5,12H,(H,19,20)/p-1. The van der Waals surface area contributed by atoms with Gasteiger partial charge < -0.3 is 14.3 Å². The lowest BCUT2D eigenvalue weighted by molar-refractivity contribution is -0.249. The lowest BCUT2D eigenvalue weighted by Crippen LogP contribution is -2.29. The molecule has 0 spiro atoms. The SMILES string of the molecule is O=C([O-])n1c(-c2ccoc2C(F)F)cc2cnc(Cl)cc21. The van der Waals surface area contributed by atoms with Crippen molar-refractivity contribution in [2.24, 2.45) is 0 Å². The van der Waals surface area contributed by atoms with Crippen LogP contribution in [0.2, 0.25) is 5.15 Å². The molecule has 3 aromatic heterocycles. The van der Waals surface area contributed by atoms with Crippen LogP contribution >= 0.6 is 11.6 Å². The van der Waals surface area contributed by atoms with Gasteiger partial charge in [-0.05, 0) is 12.1 Å². The second-order valence-electron chi connectivity index (χ2n) is 4.20. The predicted molar refractivity (Wildman–Crippen MR) is 68.2 cm³/mol. The van der Waals surface area contributed by atoms with E-state index in [2.05, 4.69) is 4.98 Å². The zero-order valence-electron chi connectivity index (χ0n) is 10.2. The number of pyridine rings is 1. The summed E-state index contributed by atoms with van der Waals surface area (Å²) >= 11 is 5.73. The fourth-order valence-electron chi connectivity index (χ4n) is 2.17. The highest BCUT2D eigenvalue weighted by atomic mass is 35.5. The van der Waals surface area contributed by atoms with Gasteiger partial charge in [-0.25, -0.2) is 13.8 Å². The molecule has 0 aliphatic heterocycles. The van der Waals surface area contributed by atoms with Crippen molar-refractivity contribution in [2.45, 2.75) is 6.43 Å². The van der Waals surface area contributed by atoms with Crippen LogP contribution < -0.4 is 5.11 Å². The minimum absolute atomic E-state index is 0.0121. The Kier molecular flexibility index (Phi) is 3.13. The highest BCUT2D eigenvalue weighted by molar-refractivity contribution is 6.30. The molecule has 3 aromatic rings. The molecule has 0 N–H and O–H groups in total. The smallest absolute Gasteiger partial charge is 0.296 e. The van der Waals surface area contributed by atoms with Crippen molar-refractivity contribution < 1.29 is 23.1 Å². The highest BCUT2D eigenvalue weighted by Gasteiger charge is 2.22. The molecule has 0 unspecified atom stereocenters. The minimum atomic E-state index is -2.87. The fourth-order valence-corrected chi connectivity index (χ4v) is 2.33. The molecule has 0 bridgehead atoms. The third-order valence-electron chi connectivity index (χ3n) is 3.00. The van der Waals surface area contributed by atoms with Gasteiger partial charge in [-0.15, -0.1) is 0 Å². The van der Waals surface area contributed by atoms with Crippen molar-refractivity contribution in [3.05, 3.63) is 41.6 Å². The van der Waals surface area contributed by atoms with E-state index in [-0.39, 0.29) is 21.9 Å². The van der Waals surface area contributed by atoms with E-state index in [1.54, 1.807) is 0 Å². The van der Waals surface area contributed by atoms with E-state index >= 15 is 0 Å². The molecule has 0 fully saturated rings. The molecule has 0 aliphatic rings. The van der Waals surface area contributed by atoms with Gasteiger partial charge in [-0.3, -0.25) is 4.57 Å². The van der Waals surface area contributed by atoms with Gasteiger partial charge in [-0.2, -0.15) is 0 Å². The maximum absolute atomic E-state index is 12.9. The zero-order chi connectivity index (χ0) is 15.1. The second kappa shape index (κ2) is 4.85. The third kappa shape index (κ3) is 2.15. The van der Waals surface area contributed by atoms with Crippen molar-refractivity contribution in [1.82, 2.24) is 9.55 Å². The number of alkyl halides is 2. The van der Waals surface area contributed by atoms with Crippen molar-refractivity contribution in [3.8, 4) is 11.3 Å². The highest BCUT2D eigenvalue weighted by Crippen LogP contribution is 2.35. The molecular formula is C13H6ClF2N2O3-. The topological polar surface area (TPSA) is 71.1 Å². The Hall–Kier alpha value is -2.41. The number of furan rings is 1. The van der Waals surface area contributed by atoms with Crippen molar-refractivity contribution in [2.75, 3.05) is 0 Å². The number of hydrogen-bond acceptors (Lipinski definition) is 4. The Morgan fingerprint density at radius 2 is 2.19 bits per heavy atom. The molecule has 0 saturated carbocycles. The number of carbonyl (C=O) groups excluding carboxylic acids is 1. The van der Waals surface area contributed by atoms with E-state index in [1.165, 1.54) is 24.4 Å². The van der Waals surface area contributed by atoms with E-state index in [4.69, 9.17) is 16.0 Å². The normalized spacial score (nSPS) is 11.4. The molecule has 0 amide bonds. The van der Waals surface area contributed by atoms with Crippen LogP contribution in [0.1, 0.15) is 12.2 Å². The van der Waals surface area contributed by atoms with Gasteiger partial charge in [0.1, 0.15) is 11.2 Å². The van der Waals surface area contributed by atoms with Gasteiger partial charge in [0, 0.05) is 23.2 Å². The average Bonchev–Trinajstić information content (AvgIpc) is 3.01. The van der Waals surface area contributed by atoms with Gasteiger partial charge >= 0.3 is 0 Å². The van der Waals surface area contributed by atoms with Crippen molar-refractivity contribution in [3.63, 3.8) is 0 Å². The molecule has 108 valence electrons. The first-order valence-electron chi connectivity index (χ1n) is 5.73. The number of nitrogens with zero attached hydrogens (tertiary/aromatic N) is 2. The molecule has 0 saturated heterocycles. The summed E-state index contributed by atoms with van der Waals surface area (Å²) in [5, 5.41) is 11.9. The Bertz CT molecular complexity index is 841. The Morgan fingerprint density at radius 1 is 1.43 bits per heavy atom. The van der Waals surface area contributed by atoms with Crippen LogP contribution in [0, 0.1) is 0 Å². The number of carboxylic acid groups (broad SMARTS) is 1. The number of halogens is 3. The number of carbonyl (C=O) groups is 1. The summed E-state index contributed by atoms with van der Waals surface area (Å²) in [5.41, 5.74) is 0.186. The first kappa shape index (κ1) is 13.6. The fraction of sp³-hybridized carbons (Fsp3) is 0.0769.